The number of nitrogens with zero attached hydrogens (tertiary/aromatic N) is 1. The maximum absolute atomic E-state index is 13.0. The van der Waals surface area contributed by atoms with Crippen LogP contribution in [0.4, 0.5) is 0 Å². The molecule has 2 atom stereocenters. The molecule has 0 bridgehead atoms. The average molecular weight is 353 g/mol. The molecule has 1 fully saturated rings. The highest BCUT2D eigenvalue weighted by molar-refractivity contribution is 5.95. The van der Waals surface area contributed by atoms with Crippen molar-refractivity contribution in [2.75, 3.05) is 20.2 Å². The average Bonchev–Trinajstić information content (AvgIpc) is 3.07. The molecule has 2 aromatic carbocycles. The summed E-state index contributed by atoms with van der Waals surface area (Å²) in [5.41, 5.74) is 3.31. The minimum atomic E-state index is -0.865. The quantitative estimate of drug-likeness (QED) is 0.916. The second kappa shape index (κ2) is 7.20. The van der Waals surface area contributed by atoms with E-state index >= 15 is 0 Å². The lowest BCUT2D eigenvalue weighted by Crippen LogP contribution is -2.30. The first-order chi connectivity index (χ1) is 12.4. The fourth-order valence-electron chi connectivity index (χ4n) is 3.84. The van der Waals surface area contributed by atoms with Gasteiger partial charge in [-0.2, -0.15) is 0 Å². The maximum atomic E-state index is 13.0. The van der Waals surface area contributed by atoms with E-state index in [1.807, 2.05) is 44.2 Å². The molecule has 2 aromatic rings. The molecular formula is C21H23NO4. The number of benzene rings is 2. The molecule has 2 unspecified atom stereocenters. The van der Waals surface area contributed by atoms with Gasteiger partial charge in [-0.25, -0.2) is 0 Å². The van der Waals surface area contributed by atoms with Crippen LogP contribution in [0.15, 0.2) is 42.5 Å². The van der Waals surface area contributed by atoms with Gasteiger partial charge < -0.3 is 14.7 Å². The minimum Gasteiger partial charge on any atom is -0.496 e. The van der Waals surface area contributed by atoms with Crippen molar-refractivity contribution in [3.05, 3.63) is 64.7 Å². The van der Waals surface area contributed by atoms with Gasteiger partial charge in [0.05, 0.1) is 13.0 Å². The number of ether oxygens (including phenoxy) is 1. The number of carbonyl (C=O) groups excluding carboxylic acids is 1. The van der Waals surface area contributed by atoms with E-state index in [9.17, 15) is 14.7 Å². The third kappa shape index (κ3) is 3.29. The number of rotatable bonds is 4. The number of carbonyl (C=O) groups is 2. The highest BCUT2D eigenvalue weighted by Gasteiger charge is 2.40. The molecule has 5 nitrogen and oxygen atoms in total. The second-order valence-corrected chi connectivity index (χ2v) is 6.82. The zero-order valence-electron chi connectivity index (χ0n) is 15.2. The van der Waals surface area contributed by atoms with E-state index in [4.69, 9.17) is 4.74 Å². The number of amides is 1. The van der Waals surface area contributed by atoms with E-state index in [0.717, 1.165) is 22.4 Å². The predicted molar refractivity (Wildman–Crippen MR) is 98.7 cm³/mol. The number of likely N-dealkylation sites (tertiary alicyclic amines) is 1. The molecule has 5 heteroatoms. The van der Waals surface area contributed by atoms with Gasteiger partial charge in [-0.1, -0.05) is 30.3 Å². The highest BCUT2D eigenvalue weighted by atomic mass is 16.5. The van der Waals surface area contributed by atoms with E-state index in [-0.39, 0.29) is 18.4 Å². The molecule has 1 aliphatic heterocycles. The summed E-state index contributed by atoms with van der Waals surface area (Å²) in [5.74, 6) is -1.02. The standard InChI is InChI=1S/C21H23NO4/c1-13-9-16(10-14(2)19(13)26-3)20(23)22-11-17(18(12-22)21(24)25)15-7-5-4-6-8-15/h4-10,17-18H,11-12H2,1-3H3,(H,24,25). The van der Waals surface area contributed by atoms with E-state index < -0.39 is 11.9 Å². The minimum absolute atomic E-state index is 0.136. The lowest BCUT2D eigenvalue weighted by atomic mass is 9.89. The van der Waals surface area contributed by atoms with Crippen LogP contribution >= 0.6 is 0 Å². The first kappa shape index (κ1) is 18.0. The smallest absolute Gasteiger partial charge is 0.308 e. The summed E-state index contributed by atoms with van der Waals surface area (Å²) in [5, 5.41) is 9.62. The summed E-state index contributed by atoms with van der Waals surface area (Å²) >= 11 is 0. The summed E-state index contributed by atoms with van der Waals surface area (Å²) in [6.45, 7) is 4.43. The number of hydrogen-bond acceptors (Lipinski definition) is 3. The Labute approximate surface area is 153 Å². The first-order valence-corrected chi connectivity index (χ1v) is 8.64. The number of aryl methyl sites for hydroxylation is 2. The third-order valence-corrected chi connectivity index (χ3v) is 5.06. The van der Waals surface area contributed by atoms with Crippen LogP contribution in [0, 0.1) is 19.8 Å². The zero-order chi connectivity index (χ0) is 18.8. The van der Waals surface area contributed by atoms with Crippen LogP contribution in [0.5, 0.6) is 5.75 Å². The van der Waals surface area contributed by atoms with Crippen LogP contribution in [0.1, 0.15) is 33.0 Å². The number of methoxy groups -OCH3 is 1. The third-order valence-electron chi connectivity index (χ3n) is 5.06. The number of carboxylic acid groups (broad SMARTS) is 1. The van der Waals surface area contributed by atoms with Crippen molar-refractivity contribution in [2.45, 2.75) is 19.8 Å². The Hall–Kier alpha value is -2.82. The molecule has 136 valence electrons. The van der Waals surface area contributed by atoms with Gasteiger partial charge in [-0.3, -0.25) is 9.59 Å². The molecule has 1 saturated heterocycles. The lowest BCUT2D eigenvalue weighted by molar-refractivity contribution is -0.141. The summed E-state index contributed by atoms with van der Waals surface area (Å²) < 4.78 is 5.36. The topological polar surface area (TPSA) is 66.8 Å². The Balaban J connectivity index is 1.88. The van der Waals surface area contributed by atoms with Gasteiger partial charge in [0.25, 0.3) is 5.91 Å². The molecule has 1 heterocycles. The molecule has 1 N–H and O–H groups in total. The van der Waals surface area contributed by atoms with E-state index in [1.165, 1.54) is 0 Å². The van der Waals surface area contributed by atoms with E-state index in [2.05, 4.69) is 0 Å². The monoisotopic (exact) mass is 353 g/mol. The number of hydrogen-bond donors (Lipinski definition) is 1. The molecular weight excluding hydrogens is 330 g/mol. The van der Waals surface area contributed by atoms with Crippen LogP contribution in [0.25, 0.3) is 0 Å². The van der Waals surface area contributed by atoms with Crippen LogP contribution in [0.3, 0.4) is 0 Å². The van der Waals surface area contributed by atoms with E-state index in [0.29, 0.717) is 12.1 Å². The van der Waals surface area contributed by atoms with Crippen LogP contribution in [0.2, 0.25) is 0 Å². The fourth-order valence-corrected chi connectivity index (χ4v) is 3.84. The van der Waals surface area contributed by atoms with Gasteiger partial charge in [-0.05, 0) is 42.7 Å². The van der Waals surface area contributed by atoms with Crippen molar-refractivity contribution < 1.29 is 19.4 Å². The number of carboxylic acids is 1. The van der Waals surface area contributed by atoms with Crippen molar-refractivity contribution in [3.63, 3.8) is 0 Å². The van der Waals surface area contributed by atoms with Gasteiger partial charge >= 0.3 is 5.97 Å². The molecule has 0 saturated carbocycles. The summed E-state index contributed by atoms with van der Waals surface area (Å²) in [6, 6.07) is 13.2. The van der Waals surface area contributed by atoms with Gasteiger partial charge in [0.1, 0.15) is 5.75 Å². The Bertz CT molecular complexity index is 808. The lowest BCUT2D eigenvalue weighted by Gasteiger charge is -2.18. The summed E-state index contributed by atoms with van der Waals surface area (Å²) in [7, 11) is 1.61. The molecule has 3 rings (SSSR count). The molecule has 0 spiro atoms. The predicted octanol–water partition coefficient (Wildman–Crippen LogP) is 3.25. The second-order valence-electron chi connectivity index (χ2n) is 6.82. The Morgan fingerprint density at radius 3 is 2.23 bits per heavy atom. The van der Waals surface area contributed by atoms with Crippen LogP contribution < -0.4 is 4.74 Å². The maximum Gasteiger partial charge on any atom is 0.308 e. The Morgan fingerprint density at radius 1 is 1.08 bits per heavy atom. The molecule has 1 amide bonds. The highest BCUT2D eigenvalue weighted by Crippen LogP contribution is 2.34. The largest absolute Gasteiger partial charge is 0.496 e. The van der Waals surface area contributed by atoms with E-state index in [1.54, 1.807) is 24.1 Å². The Kier molecular flexibility index (Phi) is 4.98. The summed E-state index contributed by atoms with van der Waals surface area (Å²) in [4.78, 5) is 26.4. The zero-order valence-corrected chi connectivity index (χ0v) is 15.2. The van der Waals surface area contributed by atoms with Crippen molar-refractivity contribution >= 4 is 11.9 Å². The summed E-state index contributed by atoms with van der Waals surface area (Å²) in [6.07, 6.45) is 0. The van der Waals surface area contributed by atoms with Crippen molar-refractivity contribution in [1.82, 2.24) is 4.90 Å². The molecule has 0 aliphatic carbocycles. The Morgan fingerprint density at radius 2 is 1.69 bits per heavy atom. The fraction of sp³-hybridized carbons (Fsp3) is 0.333. The molecule has 0 aromatic heterocycles. The van der Waals surface area contributed by atoms with Gasteiger partial charge in [-0.15, -0.1) is 0 Å². The van der Waals surface area contributed by atoms with Gasteiger partial charge in [0, 0.05) is 24.6 Å². The molecule has 0 radical (unpaired) electrons. The SMILES string of the molecule is COc1c(C)cc(C(=O)N2CC(C(=O)O)C(c3ccccc3)C2)cc1C. The number of aliphatic carboxylic acids is 1. The molecule has 26 heavy (non-hydrogen) atoms. The van der Waals surface area contributed by atoms with Crippen molar-refractivity contribution in [3.8, 4) is 5.75 Å². The van der Waals surface area contributed by atoms with Gasteiger partial charge in [0.15, 0.2) is 0 Å². The first-order valence-electron chi connectivity index (χ1n) is 8.64. The molecule has 1 aliphatic rings. The van der Waals surface area contributed by atoms with Crippen molar-refractivity contribution in [2.24, 2.45) is 5.92 Å². The van der Waals surface area contributed by atoms with Crippen LogP contribution in [-0.2, 0) is 4.79 Å². The van der Waals surface area contributed by atoms with Gasteiger partial charge in [0.2, 0.25) is 0 Å². The normalized spacial score (nSPS) is 19.4. The van der Waals surface area contributed by atoms with Crippen LogP contribution in [-0.4, -0.2) is 42.1 Å². The van der Waals surface area contributed by atoms with Crippen molar-refractivity contribution in [1.29, 1.82) is 0 Å².